The van der Waals surface area contributed by atoms with Gasteiger partial charge in [-0.15, -0.1) is 11.6 Å². The summed E-state index contributed by atoms with van der Waals surface area (Å²) in [6.45, 7) is 6.59. The third-order valence-corrected chi connectivity index (χ3v) is 4.31. The number of hydrogen-bond acceptors (Lipinski definition) is 1. The number of aliphatic hydroxyl groups is 1. The fraction of sp³-hybridized carbons (Fsp3) is 1.00. The summed E-state index contributed by atoms with van der Waals surface area (Å²) in [5.41, 5.74) is 0.451. The van der Waals surface area contributed by atoms with Crippen molar-refractivity contribution in [1.29, 1.82) is 0 Å². The molecule has 1 nitrogen and oxygen atoms in total. The lowest BCUT2D eigenvalue weighted by Gasteiger charge is -2.24. The Kier molecular flexibility index (Phi) is 1.76. The smallest absolute Gasteiger partial charge is 0.0588 e. The molecule has 0 radical (unpaired) electrons. The van der Waals surface area contributed by atoms with Crippen LogP contribution in [0.5, 0.6) is 0 Å². The van der Waals surface area contributed by atoms with Gasteiger partial charge in [0.25, 0.3) is 0 Å². The average Bonchev–Trinajstić information content (AvgIpc) is 2.40. The van der Waals surface area contributed by atoms with Gasteiger partial charge in [0.05, 0.1) is 6.10 Å². The van der Waals surface area contributed by atoms with Gasteiger partial charge in [-0.1, -0.05) is 13.8 Å². The minimum atomic E-state index is -0.138. The highest BCUT2D eigenvalue weighted by Gasteiger charge is 2.67. The molecule has 0 spiro atoms. The van der Waals surface area contributed by atoms with Gasteiger partial charge in [-0.3, -0.25) is 0 Å². The molecule has 5 atom stereocenters. The average molecular weight is 189 g/mol. The second kappa shape index (κ2) is 2.39. The lowest BCUT2D eigenvalue weighted by Crippen LogP contribution is -2.28. The van der Waals surface area contributed by atoms with Crippen LogP contribution in [0.4, 0.5) is 0 Å². The molecule has 2 rings (SSSR count). The molecule has 2 aliphatic carbocycles. The molecule has 0 amide bonds. The SMILES string of the molecule is CC(Cl)C1C(O)CC2C1C2(C)C. The third-order valence-electron chi connectivity index (χ3n) is 4.02. The van der Waals surface area contributed by atoms with Crippen molar-refractivity contribution in [2.24, 2.45) is 23.2 Å². The van der Waals surface area contributed by atoms with E-state index in [0.29, 0.717) is 17.3 Å². The van der Waals surface area contributed by atoms with Crippen molar-refractivity contribution >= 4 is 11.6 Å². The van der Waals surface area contributed by atoms with Gasteiger partial charge in [0.2, 0.25) is 0 Å². The summed E-state index contributed by atoms with van der Waals surface area (Å²) in [4.78, 5) is 0. The van der Waals surface area contributed by atoms with Crippen LogP contribution in [0, 0.1) is 23.2 Å². The van der Waals surface area contributed by atoms with E-state index >= 15 is 0 Å². The van der Waals surface area contributed by atoms with Crippen LogP contribution in [0.1, 0.15) is 27.2 Å². The molecule has 0 heterocycles. The molecule has 2 heteroatoms. The molecule has 2 aliphatic rings. The van der Waals surface area contributed by atoms with Gasteiger partial charge < -0.3 is 5.11 Å². The Morgan fingerprint density at radius 2 is 2.08 bits per heavy atom. The van der Waals surface area contributed by atoms with E-state index in [1.165, 1.54) is 0 Å². The lowest BCUT2D eigenvalue weighted by molar-refractivity contribution is 0.0946. The molecule has 5 unspecified atom stereocenters. The summed E-state index contributed by atoms with van der Waals surface area (Å²) in [6.07, 6.45) is 0.833. The molecule has 0 aromatic rings. The highest BCUT2D eigenvalue weighted by Crippen LogP contribution is 2.69. The van der Waals surface area contributed by atoms with Crippen molar-refractivity contribution in [2.75, 3.05) is 0 Å². The van der Waals surface area contributed by atoms with Gasteiger partial charge >= 0.3 is 0 Å². The van der Waals surface area contributed by atoms with Crippen molar-refractivity contribution < 1.29 is 5.11 Å². The summed E-state index contributed by atoms with van der Waals surface area (Å²) >= 11 is 6.07. The van der Waals surface area contributed by atoms with Gasteiger partial charge in [-0.25, -0.2) is 0 Å². The standard InChI is InChI=1S/C10H17ClO/c1-5(11)8-7(12)4-6-9(8)10(6,2)3/h5-9,12H,4H2,1-3H3. The zero-order valence-corrected chi connectivity index (χ0v) is 8.67. The van der Waals surface area contributed by atoms with E-state index in [1.807, 2.05) is 6.92 Å². The molecule has 0 bridgehead atoms. The van der Waals surface area contributed by atoms with E-state index in [2.05, 4.69) is 13.8 Å². The Balaban J connectivity index is 2.13. The van der Waals surface area contributed by atoms with Crippen LogP contribution in [0.15, 0.2) is 0 Å². The predicted molar refractivity (Wildman–Crippen MR) is 50.2 cm³/mol. The molecule has 1 N–H and O–H groups in total. The van der Waals surface area contributed by atoms with Crippen LogP contribution in [0.2, 0.25) is 0 Å². The fourth-order valence-corrected chi connectivity index (χ4v) is 3.57. The summed E-state index contributed by atoms with van der Waals surface area (Å²) in [5, 5.41) is 9.83. The number of hydrogen-bond donors (Lipinski definition) is 1. The summed E-state index contributed by atoms with van der Waals surface area (Å²) in [5.74, 6) is 1.75. The minimum absolute atomic E-state index is 0.122. The zero-order valence-electron chi connectivity index (χ0n) is 7.92. The molecule has 0 aromatic heterocycles. The maximum Gasteiger partial charge on any atom is 0.0588 e. The molecule has 0 saturated heterocycles. The molecular weight excluding hydrogens is 172 g/mol. The summed E-state index contributed by atoms with van der Waals surface area (Å²) in [7, 11) is 0. The van der Waals surface area contributed by atoms with Crippen LogP contribution in [-0.2, 0) is 0 Å². The highest BCUT2D eigenvalue weighted by atomic mass is 35.5. The monoisotopic (exact) mass is 188 g/mol. The Morgan fingerprint density at radius 3 is 2.42 bits per heavy atom. The van der Waals surface area contributed by atoms with E-state index in [9.17, 15) is 5.11 Å². The van der Waals surface area contributed by atoms with E-state index in [-0.39, 0.29) is 11.5 Å². The van der Waals surface area contributed by atoms with Gasteiger partial charge in [-0.05, 0) is 30.6 Å². The van der Waals surface area contributed by atoms with Gasteiger partial charge in [-0.2, -0.15) is 0 Å². The first-order valence-corrected chi connectivity index (χ1v) is 5.22. The molecule has 0 aromatic carbocycles. The van der Waals surface area contributed by atoms with E-state index in [0.717, 1.165) is 12.3 Å². The zero-order chi connectivity index (χ0) is 9.09. The molecular formula is C10H17ClO. The first kappa shape index (κ1) is 8.83. The predicted octanol–water partition coefficient (Wildman–Crippen LogP) is 2.27. The van der Waals surface area contributed by atoms with Crippen LogP contribution in [0.3, 0.4) is 0 Å². The maximum atomic E-state index is 9.71. The minimum Gasteiger partial charge on any atom is -0.393 e. The number of alkyl halides is 1. The van der Waals surface area contributed by atoms with E-state index in [4.69, 9.17) is 11.6 Å². The topological polar surface area (TPSA) is 20.2 Å². The van der Waals surface area contributed by atoms with Crippen molar-refractivity contribution in [2.45, 2.75) is 38.7 Å². The van der Waals surface area contributed by atoms with Crippen molar-refractivity contribution in [3.8, 4) is 0 Å². The summed E-state index contributed by atoms with van der Waals surface area (Å²) < 4.78 is 0. The van der Waals surface area contributed by atoms with Crippen molar-refractivity contribution in [3.05, 3.63) is 0 Å². The Morgan fingerprint density at radius 1 is 1.50 bits per heavy atom. The maximum absolute atomic E-state index is 9.71. The van der Waals surface area contributed by atoms with Gasteiger partial charge in [0.15, 0.2) is 0 Å². The van der Waals surface area contributed by atoms with Gasteiger partial charge in [0, 0.05) is 11.3 Å². The van der Waals surface area contributed by atoms with Crippen LogP contribution < -0.4 is 0 Å². The van der Waals surface area contributed by atoms with Crippen LogP contribution in [-0.4, -0.2) is 16.6 Å². The second-order valence-electron chi connectivity index (χ2n) is 5.01. The van der Waals surface area contributed by atoms with Crippen LogP contribution in [0.25, 0.3) is 0 Å². The Hall–Kier alpha value is 0.250. The second-order valence-corrected chi connectivity index (χ2v) is 5.70. The Labute approximate surface area is 79.1 Å². The van der Waals surface area contributed by atoms with Crippen molar-refractivity contribution in [1.82, 2.24) is 0 Å². The molecule has 2 saturated carbocycles. The van der Waals surface area contributed by atoms with Crippen molar-refractivity contribution in [3.63, 3.8) is 0 Å². The Bertz CT molecular complexity index is 200. The number of halogens is 1. The number of fused-ring (bicyclic) bond motifs is 1. The first-order valence-electron chi connectivity index (χ1n) is 4.78. The van der Waals surface area contributed by atoms with Gasteiger partial charge in [0.1, 0.15) is 0 Å². The molecule has 70 valence electrons. The normalized spacial score (nSPS) is 51.8. The first-order chi connectivity index (χ1) is 5.46. The highest BCUT2D eigenvalue weighted by molar-refractivity contribution is 6.20. The van der Waals surface area contributed by atoms with E-state index in [1.54, 1.807) is 0 Å². The largest absolute Gasteiger partial charge is 0.393 e. The molecule has 12 heavy (non-hydrogen) atoms. The fourth-order valence-electron chi connectivity index (χ4n) is 3.25. The number of aliphatic hydroxyl groups excluding tert-OH is 1. The molecule has 2 fully saturated rings. The quantitative estimate of drug-likeness (QED) is 0.626. The summed E-state index contributed by atoms with van der Waals surface area (Å²) in [6, 6.07) is 0. The molecule has 0 aliphatic heterocycles. The third kappa shape index (κ3) is 0.958. The number of rotatable bonds is 1. The van der Waals surface area contributed by atoms with Crippen LogP contribution >= 0.6 is 11.6 Å². The lowest BCUT2D eigenvalue weighted by atomic mass is 9.89. The van der Waals surface area contributed by atoms with E-state index < -0.39 is 0 Å².